The van der Waals surface area contributed by atoms with Gasteiger partial charge in [-0.3, -0.25) is 4.90 Å². The molecule has 8 nitrogen and oxygen atoms in total. The maximum atomic E-state index is 11.6. The zero-order valence-corrected chi connectivity index (χ0v) is 18.4. The Morgan fingerprint density at radius 2 is 2.06 bits per heavy atom. The van der Waals surface area contributed by atoms with Gasteiger partial charge in [0.15, 0.2) is 5.16 Å². The van der Waals surface area contributed by atoms with E-state index in [4.69, 9.17) is 9.97 Å². The summed E-state index contributed by atoms with van der Waals surface area (Å²) < 4.78 is 0. The summed E-state index contributed by atoms with van der Waals surface area (Å²) in [6, 6.07) is 12.2. The average Bonchev–Trinajstić information content (AvgIpc) is 2.79. The number of hydrogen-bond acceptors (Lipinski definition) is 7. The molecular formula is C22H26N6O2S. The van der Waals surface area contributed by atoms with Crippen LogP contribution in [-0.2, 0) is 19.5 Å². The number of carboxylic acid groups (broad SMARTS) is 1. The Hall–Kier alpha value is -2.83. The molecule has 31 heavy (non-hydrogen) atoms. The van der Waals surface area contributed by atoms with E-state index in [2.05, 4.69) is 40.1 Å². The van der Waals surface area contributed by atoms with Crippen LogP contribution in [0.4, 0.5) is 10.6 Å². The molecule has 1 atom stereocenters. The molecule has 0 aliphatic carbocycles. The van der Waals surface area contributed by atoms with Crippen molar-refractivity contribution in [3.8, 4) is 6.07 Å². The van der Waals surface area contributed by atoms with Crippen molar-refractivity contribution in [2.24, 2.45) is 0 Å². The number of fused-ring (bicyclic) bond motifs is 1. The molecule has 2 aliphatic rings. The molecule has 2 aliphatic heterocycles. The van der Waals surface area contributed by atoms with E-state index in [-0.39, 0.29) is 12.5 Å². The van der Waals surface area contributed by atoms with E-state index in [0.717, 1.165) is 48.3 Å². The summed E-state index contributed by atoms with van der Waals surface area (Å²) >= 11 is 1.52. The highest BCUT2D eigenvalue weighted by Crippen LogP contribution is 2.31. The van der Waals surface area contributed by atoms with Crippen molar-refractivity contribution < 1.29 is 9.90 Å². The Labute approximate surface area is 186 Å². The topological polar surface area (TPSA) is 96.6 Å². The van der Waals surface area contributed by atoms with Crippen LogP contribution in [-0.4, -0.2) is 69.4 Å². The first kappa shape index (κ1) is 21.4. The minimum absolute atomic E-state index is 0.177. The number of thioether (sulfide) groups is 1. The SMILES string of the molecule is CSc1nc2c(c(N3CCN(C(=O)O)C(CC#N)C3)n1)CCN(Cc1ccccc1)C2. The van der Waals surface area contributed by atoms with Crippen molar-refractivity contribution in [1.29, 1.82) is 5.26 Å². The van der Waals surface area contributed by atoms with E-state index < -0.39 is 6.09 Å². The summed E-state index contributed by atoms with van der Waals surface area (Å²) in [5, 5.41) is 19.4. The van der Waals surface area contributed by atoms with Crippen LogP contribution < -0.4 is 4.90 Å². The van der Waals surface area contributed by atoms with Gasteiger partial charge in [-0.25, -0.2) is 14.8 Å². The molecule has 1 unspecified atom stereocenters. The molecule has 1 saturated heterocycles. The molecule has 0 radical (unpaired) electrons. The fraction of sp³-hybridized carbons (Fsp3) is 0.455. The summed E-state index contributed by atoms with van der Waals surface area (Å²) in [6.45, 7) is 3.99. The molecule has 1 amide bonds. The van der Waals surface area contributed by atoms with Crippen molar-refractivity contribution in [3.63, 3.8) is 0 Å². The third kappa shape index (κ3) is 4.75. The van der Waals surface area contributed by atoms with Gasteiger partial charge in [-0.05, 0) is 18.2 Å². The maximum absolute atomic E-state index is 11.6. The monoisotopic (exact) mass is 438 g/mol. The zero-order chi connectivity index (χ0) is 21.8. The van der Waals surface area contributed by atoms with Crippen molar-refractivity contribution in [1.82, 2.24) is 19.8 Å². The van der Waals surface area contributed by atoms with E-state index in [9.17, 15) is 15.2 Å². The smallest absolute Gasteiger partial charge is 0.407 e. The zero-order valence-electron chi connectivity index (χ0n) is 17.6. The van der Waals surface area contributed by atoms with Crippen LogP contribution in [0.3, 0.4) is 0 Å². The third-order valence-electron chi connectivity index (χ3n) is 5.89. The molecule has 4 rings (SSSR count). The second-order valence-corrected chi connectivity index (χ2v) is 8.62. The quantitative estimate of drug-likeness (QED) is 0.562. The average molecular weight is 439 g/mol. The number of hydrogen-bond donors (Lipinski definition) is 1. The molecule has 1 aromatic carbocycles. The van der Waals surface area contributed by atoms with Crippen LogP contribution in [0, 0.1) is 11.3 Å². The summed E-state index contributed by atoms with van der Waals surface area (Å²) in [7, 11) is 0. The van der Waals surface area contributed by atoms with Crippen LogP contribution in [0.5, 0.6) is 0 Å². The van der Waals surface area contributed by atoms with Crippen molar-refractivity contribution in [2.45, 2.75) is 37.1 Å². The Kier molecular flexibility index (Phi) is 6.59. The molecule has 1 aromatic heterocycles. The van der Waals surface area contributed by atoms with Gasteiger partial charge in [0, 0.05) is 44.8 Å². The van der Waals surface area contributed by atoms with Crippen molar-refractivity contribution in [2.75, 3.05) is 37.3 Å². The fourth-order valence-corrected chi connectivity index (χ4v) is 4.73. The number of rotatable bonds is 5. The number of benzene rings is 1. The van der Waals surface area contributed by atoms with E-state index in [0.29, 0.717) is 19.6 Å². The van der Waals surface area contributed by atoms with Gasteiger partial charge >= 0.3 is 6.09 Å². The number of piperazine rings is 1. The van der Waals surface area contributed by atoms with Crippen LogP contribution >= 0.6 is 11.8 Å². The van der Waals surface area contributed by atoms with Gasteiger partial charge in [0.25, 0.3) is 0 Å². The van der Waals surface area contributed by atoms with Gasteiger partial charge in [0.1, 0.15) is 5.82 Å². The molecule has 0 spiro atoms. The van der Waals surface area contributed by atoms with E-state index in [1.54, 1.807) is 0 Å². The summed E-state index contributed by atoms with van der Waals surface area (Å²) in [5.74, 6) is 0.904. The normalized spacial score (nSPS) is 19.0. The van der Waals surface area contributed by atoms with Gasteiger partial charge in [-0.15, -0.1) is 0 Å². The highest BCUT2D eigenvalue weighted by molar-refractivity contribution is 7.98. The second kappa shape index (κ2) is 9.54. The number of nitrogens with zero attached hydrogens (tertiary/aromatic N) is 6. The molecule has 0 saturated carbocycles. The van der Waals surface area contributed by atoms with E-state index in [1.165, 1.54) is 22.2 Å². The van der Waals surface area contributed by atoms with Crippen molar-refractivity contribution in [3.05, 3.63) is 47.2 Å². The highest BCUT2D eigenvalue weighted by atomic mass is 32.2. The van der Waals surface area contributed by atoms with Crippen LogP contribution in [0.2, 0.25) is 0 Å². The molecule has 9 heteroatoms. The van der Waals surface area contributed by atoms with Crippen LogP contribution in [0.15, 0.2) is 35.5 Å². The lowest BCUT2D eigenvalue weighted by Gasteiger charge is -2.41. The van der Waals surface area contributed by atoms with Gasteiger partial charge in [-0.1, -0.05) is 42.1 Å². The third-order valence-corrected chi connectivity index (χ3v) is 6.44. The van der Waals surface area contributed by atoms with E-state index in [1.807, 2.05) is 12.3 Å². The molecule has 0 bridgehead atoms. The fourth-order valence-electron chi connectivity index (χ4n) is 4.35. The lowest BCUT2D eigenvalue weighted by Crippen LogP contribution is -2.55. The predicted molar refractivity (Wildman–Crippen MR) is 119 cm³/mol. The molecule has 2 aromatic rings. The number of amides is 1. The van der Waals surface area contributed by atoms with Gasteiger partial charge in [0.2, 0.25) is 0 Å². The largest absolute Gasteiger partial charge is 0.465 e. The van der Waals surface area contributed by atoms with Crippen LogP contribution in [0.1, 0.15) is 23.2 Å². The Bertz CT molecular complexity index is 980. The number of anilines is 1. The lowest BCUT2D eigenvalue weighted by molar-refractivity contribution is 0.119. The first-order valence-corrected chi connectivity index (χ1v) is 11.6. The highest BCUT2D eigenvalue weighted by Gasteiger charge is 2.33. The van der Waals surface area contributed by atoms with Gasteiger partial charge in [0.05, 0.1) is 24.2 Å². The van der Waals surface area contributed by atoms with Gasteiger partial charge in [-0.2, -0.15) is 5.26 Å². The Morgan fingerprint density at radius 3 is 2.77 bits per heavy atom. The second-order valence-electron chi connectivity index (χ2n) is 7.84. The summed E-state index contributed by atoms with van der Waals surface area (Å²) in [5.41, 5.74) is 3.49. The standard InChI is InChI=1S/C22H26N6O2S/c1-31-21-24-19-15-26(13-16-5-3-2-4-6-16)10-8-18(19)20(25-21)27-11-12-28(22(29)30)17(14-27)7-9-23/h2-6,17H,7-8,10-15H2,1H3,(H,29,30). The minimum atomic E-state index is -0.967. The molecular weight excluding hydrogens is 412 g/mol. The van der Waals surface area contributed by atoms with Crippen LogP contribution in [0.25, 0.3) is 0 Å². The number of nitriles is 1. The minimum Gasteiger partial charge on any atom is -0.465 e. The van der Waals surface area contributed by atoms with E-state index >= 15 is 0 Å². The molecule has 1 fully saturated rings. The molecule has 162 valence electrons. The Morgan fingerprint density at radius 1 is 1.26 bits per heavy atom. The van der Waals surface area contributed by atoms with Gasteiger partial charge < -0.3 is 14.9 Å². The van der Waals surface area contributed by atoms with Crippen molar-refractivity contribution >= 4 is 23.7 Å². The molecule has 3 heterocycles. The Balaban J connectivity index is 1.58. The predicted octanol–water partition coefficient (Wildman–Crippen LogP) is 2.84. The number of carbonyl (C=O) groups is 1. The summed E-state index contributed by atoms with van der Waals surface area (Å²) in [6.07, 6.45) is 2.03. The first-order chi connectivity index (χ1) is 15.1. The lowest BCUT2D eigenvalue weighted by atomic mass is 10.0. The molecule has 1 N–H and O–H groups in total. The number of aromatic nitrogens is 2. The summed E-state index contributed by atoms with van der Waals surface area (Å²) in [4.78, 5) is 27.1. The first-order valence-electron chi connectivity index (χ1n) is 10.4. The maximum Gasteiger partial charge on any atom is 0.407 e.